The highest BCUT2D eigenvalue weighted by Crippen LogP contribution is 2.30. The Morgan fingerprint density at radius 2 is 1.64 bits per heavy atom. The van der Waals surface area contributed by atoms with Crippen LogP contribution in [0.15, 0.2) is 54.6 Å². The van der Waals surface area contributed by atoms with Crippen molar-refractivity contribution in [2.75, 3.05) is 36.8 Å². The molecule has 0 aliphatic carbocycles. The van der Waals surface area contributed by atoms with Crippen molar-refractivity contribution in [2.24, 2.45) is 5.92 Å². The van der Waals surface area contributed by atoms with Gasteiger partial charge in [-0.1, -0.05) is 63.2 Å². The second-order valence-corrected chi connectivity index (χ2v) is 11.0. The van der Waals surface area contributed by atoms with Crippen LogP contribution in [0.4, 0.5) is 5.69 Å². The Labute approximate surface area is 215 Å². The molecule has 0 aliphatic rings. The zero-order chi connectivity index (χ0) is 26.7. The van der Waals surface area contributed by atoms with Crippen molar-refractivity contribution in [2.45, 2.75) is 46.6 Å². The van der Waals surface area contributed by atoms with Gasteiger partial charge in [-0.25, -0.2) is 8.42 Å². The van der Waals surface area contributed by atoms with E-state index in [-0.39, 0.29) is 24.1 Å². The first-order valence-electron chi connectivity index (χ1n) is 12.4. The number of carbonyl (C=O) groups is 2. The molecule has 0 fully saturated rings. The number of nitrogens with zero attached hydrogens (tertiary/aromatic N) is 2. The third kappa shape index (κ3) is 8.55. The van der Waals surface area contributed by atoms with Gasteiger partial charge in [0.1, 0.15) is 18.3 Å². The fourth-order valence-corrected chi connectivity index (χ4v) is 4.71. The lowest BCUT2D eigenvalue weighted by molar-refractivity contribution is -0.139. The van der Waals surface area contributed by atoms with E-state index >= 15 is 0 Å². The minimum Gasteiger partial charge on any atom is -0.492 e. The van der Waals surface area contributed by atoms with Gasteiger partial charge in [0.05, 0.1) is 18.6 Å². The maximum atomic E-state index is 13.7. The van der Waals surface area contributed by atoms with E-state index in [1.54, 1.807) is 31.2 Å². The first-order valence-corrected chi connectivity index (χ1v) is 14.2. The SMILES string of the molecule is CCOc1ccccc1N(CC(=O)N(CCc1ccccc1)[C@@H](CC)C(=O)NCC(C)C)S(C)(=O)=O. The lowest BCUT2D eigenvalue weighted by Gasteiger charge is -2.33. The summed E-state index contributed by atoms with van der Waals surface area (Å²) >= 11 is 0. The first-order chi connectivity index (χ1) is 17.1. The Morgan fingerprint density at radius 3 is 2.22 bits per heavy atom. The molecule has 0 aliphatic heterocycles. The van der Waals surface area contributed by atoms with Crippen LogP contribution in [-0.4, -0.2) is 63.7 Å². The highest BCUT2D eigenvalue weighted by Gasteiger charge is 2.32. The summed E-state index contributed by atoms with van der Waals surface area (Å²) in [6.07, 6.45) is 2.00. The van der Waals surface area contributed by atoms with Crippen LogP contribution in [0.5, 0.6) is 5.75 Å². The average molecular weight is 518 g/mol. The number of carbonyl (C=O) groups excluding carboxylic acids is 2. The number of ether oxygens (including phenoxy) is 1. The van der Waals surface area contributed by atoms with Crippen molar-refractivity contribution in [1.29, 1.82) is 0 Å². The van der Waals surface area contributed by atoms with Gasteiger partial charge in [0, 0.05) is 13.1 Å². The number of nitrogens with one attached hydrogen (secondary N) is 1. The first kappa shape index (κ1) is 29.2. The molecule has 2 aromatic carbocycles. The van der Waals surface area contributed by atoms with Crippen molar-refractivity contribution in [3.63, 3.8) is 0 Å². The van der Waals surface area contributed by atoms with Gasteiger partial charge in [-0.15, -0.1) is 0 Å². The molecule has 8 nitrogen and oxygen atoms in total. The van der Waals surface area contributed by atoms with E-state index in [1.807, 2.05) is 51.1 Å². The number of sulfonamides is 1. The minimum absolute atomic E-state index is 0.242. The summed E-state index contributed by atoms with van der Waals surface area (Å²) in [6.45, 7) is 8.33. The number of anilines is 1. The highest BCUT2D eigenvalue weighted by atomic mass is 32.2. The molecule has 0 aromatic heterocycles. The predicted molar refractivity (Wildman–Crippen MR) is 144 cm³/mol. The van der Waals surface area contributed by atoms with Gasteiger partial charge in [0.25, 0.3) is 0 Å². The normalized spacial score (nSPS) is 12.2. The molecule has 36 heavy (non-hydrogen) atoms. The average Bonchev–Trinajstić information content (AvgIpc) is 2.84. The third-order valence-electron chi connectivity index (χ3n) is 5.67. The molecule has 2 amide bonds. The van der Waals surface area contributed by atoms with Crippen LogP contribution < -0.4 is 14.4 Å². The monoisotopic (exact) mass is 517 g/mol. The minimum atomic E-state index is -3.82. The summed E-state index contributed by atoms with van der Waals surface area (Å²) in [4.78, 5) is 28.3. The van der Waals surface area contributed by atoms with Crippen molar-refractivity contribution in [3.05, 3.63) is 60.2 Å². The maximum Gasteiger partial charge on any atom is 0.244 e. The van der Waals surface area contributed by atoms with E-state index in [0.29, 0.717) is 31.7 Å². The highest BCUT2D eigenvalue weighted by molar-refractivity contribution is 7.92. The summed E-state index contributed by atoms with van der Waals surface area (Å²) in [5.41, 5.74) is 1.31. The van der Waals surface area contributed by atoms with Gasteiger partial charge in [-0.05, 0) is 43.4 Å². The van der Waals surface area contributed by atoms with Crippen molar-refractivity contribution in [3.8, 4) is 5.75 Å². The summed E-state index contributed by atoms with van der Waals surface area (Å²) in [5.74, 6) is -0.0612. The Kier molecular flexibility index (Phi) is 11.2. The topological polar surface area (TPSA) is 96.0 Å². The van der Waals surface area contributed by atoms with Crippen LogP contribution in [-0.2, 0) is 26.0 Å². The van der Waals surface area contributed by atoms with Gasteiger partial charge in [0.2, 0.25) is 21.8 Å². The van der Waals surface area contributed by atoms with Crippen LogP contribution in [0.3, 0.4) is 0 Å². The molecule has 0 heterocycles. The van der Waals surface area contributed by atoms with Gasteiger partial charge in [-0.2, -0.15) is 0 Å². The van der Waals surface area contributed by atoms with Crippen LogP contribution in [0.1, 0.15) is 39.7 Å². The standard InChI is InChI=1S/C27H39N3O5S/c1-6-23(27(32)28-19-21(3)4)29(18-17-22-13-9-8-10-14-22)26(31)20-30(36(5,33)34)24-15-11-12-16-25(24)35-7-2/h8-16,21,23H,6-7,17-20H2,1-5H3,(H,28,32)/t23-/m0/s1. The van der Waals surface area contributed by atoms with Crippen molar-refractivity contribution < 1.29 is 22.7 Å². The molecule has 1 atom stereocenters. The second-order valence-electron chi connectivity index (χ2n) is 9.06. The van der Waals surface area contributed by atoms with Crippen LogP contribution >= 0.6 is 0 Å². The summed E-state index contributed by atoms with van der Waals surface area (Å²) < 4.78 is 32.3. The molecule has 198 valence electrons. The molecule has 0 unspecified atom stereocenters. The molecule has 2 aromatic rings. The molecule has 2 rings (SSSR count). The van der Waals surface area contributed by atoms with Gasteiger partial charge >= 0.3 is 0 Å². The molecule has 0 saturated carbocycles. The smallest absolute Gasteiger partial charge is 0.244 e. The predicted octanol–water partition coefficient (Wildman–Crippen LogP) is 3.47. The number of hydrogen-bond acceptors (Lipinski definition) is 5. The number of hydrogen-bond donors (Lipinski definition) is 1. The second kappa shape index (κ2) is 13.9. The Bertz CT molecular complexity index is 1090. The molecular formula is C27H39N3O5S. The van der Waals surface area contributed by atoms with E-state index in [0.717, 1.165) is 16.1 Å². The zero-order valence-electron chi connectivity index (χ0n) is 21.9. The maximum absolute atomic E-state index is 13.7. The Morgan fingerprint density at radius 1 is 1.00 bits per heavy atom. The van der Waals surface area contributed by atoms with Crippen molar-refractivity contribution in [1.82, 2.24) is 10.2 Å². The van der Waals surface area contributed by atoms with Crippen LogP contribution in [0, 0.1) is 5.92 Å². The number of benzene rings is 2. The number of para-hydroxylation sites is 2. The van der Waals surface area contributed by atoms with Crippen molar-refractivity contribution >= 4 is 27.5 Å². The summed E-state index contributed by atoms with van der Waals surface area (Å²) in [5, 5.41) is 2.92. The van der Waals surface area contributed by atoms with Gasteiger partial charge in [0.15, 0.2) is 0 Å². The zero-order valence-corrected chi connectivity index (χ0v) is 22.8. The van der Waals surface area contributed by atoms with E-state index in [1.165, 1.54) is 4.90 Å². The quantitative estimate of drug-likeness (QED) is 0.414. The van der Waals surface area contributed by atoms with Crippen LogP contribution in [0.25, 0.3) is 0 Å². The molecule has 1 N–H and O–H groups in total. The Hall–Kier alpha value is -3.07. The number of rotatable bonds is 14. The third-order valence-corrected chi connectivity index (χ3v) is 6.79. The van der Waals surface area contributed by atoms with E-state index in [9.17, 15) is 18.0 Å². The number of amides is 2. The summed E-state index contributed by atoms with van der Waals surface area (Å²) in [7, 11) is -3.82. The van der Waals surface area contributed by atoms with Crippen LogP contribution in [0.2, 0.25) is 0 Å². The van der Waals surface area contributed by atoms with E-state index in [2.05, 4.69) is 5.32 Å². The molecular weight excluding hydrogens is 478 g/mol. The fourth-order valence-electron chi connectivity index (χ4n) is 3.85. The molecule has 0 spiro atoms. The molecule has 0 bridgehead atoms. The Balaban J connectivity index is 2.39. The summed E-state index contributed by atoms with van der Waals surface area (Å²) in [6, 6.07) is 15.7. The van der Waals surface area contributed by atoms with Gasteiger partial charge < -0.3 is 15.0 Å². The molecule has 0 saturated heterocycles. The molecule has 0 radical (unpaired) electrons. The van der Waals surface area contributed by atoms with E-state index in [4.69, 9.17) is 4.74 Å². The lowest BCUT2D eigenvalue weighted by atomic mass is 10.1. The molecule has 9 heteroatoms. The fraction of sp³-hybridized carbons (Fsp3) is 0.481. The largest absolute Gasteiger partial charge is 0.492 e. The lowest BCUT2D eigenvalue weighted by Crippen LogP contribution is -2.53. The van der Waals surface area contributed by atoms with Gasteiger partial charge in [-0.3, -0.25) is 13.9 Å². The van der Waals surface area contributed by atoms with E-state index < -0.39 is 28.5 Å².